The number of piperazine rings is 1. The van der Waals surface area contributed by atoms with Crippen LogP contribution in [0.1, 0.15) is 81.4 Å². The lowest BCUT2D eigenvalue weighted by Crippen LogP contribution is -2.47. The van der Waals surface area contributed by atoms with Crippen LogP contribution in [-0.4, -0.2) is 61.6 Å². The lowest BCUT2D eigenvalue weighted by molar-refractivity contribution is -0.144. The predicted octanol–water partition coefficient (Wildman–Crippen LogP) is 8.29. The van der Waals surface area contributed by atoms with Gasteiger partial charge in [0, 0.05) is 55.5 Å². The van der Waals surface area contributed by atoms with Crippen molar-refractivity contribution >= 4 is 23.3 Å². The lowest BCUT2D eigenvalue weighted by atomic mass is 9.94. The van der Waals surface area contributed by atoms with E-state index in [-0.39, 0.29) is 5.97 Å². The van der Waals surface area contributed by atoms with E-state index in [2.05, 4.69) is 22.8 Å². The molecule has 4 nitrogen and oxygen atoms in total. The van der Waals surface area contributed by atoms with E-state index < -0.39 is 11.7 Å². The van der Waals surface area contributed by atoms with Crippen molar-refractivity contribution in [2.75, 3.05) is 45.9 Å². The number of hydrogen-bond donors (Lipinski definition) is 0. The molecule has 0 amide bonds. The Kier molecular flexibility index (Phi) is 12.2. The molecule has 41 heavy (non-hydrogen) atoms. The number of halogens is 3. The molecule has 0 radical (unpaired) electrons. The zero-order chi connectivity index (χ0) is 29.1. The molecule has 2 aliphatic heterocycles. The van der Waals surface area contributed by atoms with Crippen molar-refractivity contribution in [1.29, 1.82) is 0 Å². The highest BCUT2D eigenvalue weighted by atomic mass is 32.2. The van der Waals surface area contributed by atoms with Crippen molar-refractivity contribution in [1.82, 2.24) is 9.80 Å². The molecular formula is C33H43F3N2O2S. The highest BCUT2D eigenvalue weighted by Crippen LogP contribution is 2.47. The number of ether oxygens (including phenoxy) is 1. The van der Waals surface area contributed by atoms with Gasteiger partial charge in [-0.2, -0.15) is 13.2 Å². The first-order valence-electron chi connectivity index (χ1n) is 15.1. The summed E-state index contributed by atoms with van der Waals surface area (Å²) in [5, 5.41) is 0. The molecule has 0 bridgehead atoms. The van der Waals surface area contributed by atoms with E-state index >= 15 is 0 Å². The van der Waals surface area contributed by atoms with Crippen molar-refractivity contribution < 1.29 is 22.7 Å². The first-order chi connectivity index (χ1) is 19.8. The van der Waals surface area contributed by atoms with E-state index in [1.54, 1.807) is 6.07 Å². The zero-order valence-corrected chi connectivity index (χ0v) is 25.0. The Hall–Kier alpha value is -2.29. The molecular weight excluding hydrogens is 545 g/mol. The second kappa shape index (κ2) is 15.8. The number of alkyl halides is 3. The van der Waals surface area contributed by atoms with Crippen LogP contribution >= 0.6 is 11.8 Å². The number of unbranched alkanes of at least 4 members (excludes halogenated alkanes) is 6. The fourth-order valence-corrected chi connectivity index (χ4v) is 6.57. The average molecular weight is 589 g/mol. The molecule has 0 spiro atoms. The zero-order valence-electron chi connectivity index (χ0n) is 24.2. The number of nitrogens with zero attached hydrogens (tertiary/aromatic N) is 2. The second-order valence-electron chi connectivity index (χ2n) is 11.0. The molecule has 2 aromatic rings. The molecule has 224 valence electrons. The summed E-state index contributed by atoms with van der Waals surface area (Å²) in [7, 11) is 0. The van der Waals surface area contributed by atoms with Crippen LogP contribution < -0.4 is 0 Å². The smallest absolute Gasteiger partial charge is 0.416 e. The summed E-state index contributed by atoms with van der Waals surface area (Å²) in [5.74, 6) is -0.0863. The molecule has 0 aromatic heterocycles. The summed E-state index contributed by atoms with van der Waals surface area (Å²) in [4.78, 5) is 18.7. The highest BCUT2D eigenvalue weighted by Gasteiger charge is 2.32. The van der Waals surface area contributed by atoms with Gasteiger partial charge in [-0.1, -0.05) is 81.5 Å². The largest absolute Gasteiger partial charge is 0.464 e. The Labute approximate surface area is 247 Å². The third-order valence-corrected chi connectivity index (χ3v) is 9.06. The van der Waals surface area contributed by atoms with Gasteiger partial charge in [0.2, 0.25) is 0 Å². The molecule has 0 atom stereocenters. The summed E-state index contributed by atoms with van der Waals surface area (Å²) in [6, 6.07) is 12.0. The molecule has 2 aliphatic rings. The van der Waals surface area contributed by atoms with Gasteiger partial charge in [-0.15, -0.1) is 0 Å². The molecule has 8 heteroatoms. The summed E-state index contributed by atoms with van der Waals surface area (Å²) >= 11 is 1.53. The van der Waals surface area contributed by atoms with Gasteiger partial charge in [-0.05, 0) is 53.8 Å². The fraction of sp³-hybridized carbons (Fsp3) is 0.545. The van der Waals surface area contributed by atoms with Crippen molar-refractivity contribution in [2.45, 2.75) is 80.7 Å². The molecule has 2 heterocycles. The minimum atomic E-state index is -4.37. The van der Waals surface area contributed by atoms with Crippen LogP contribution in [0.5, 0.6) is 0 Å². The van der Waals surface area contributed by atoms with E-state index in [4.69, 9.17) is 4.74 Å². The number of hydrogen-bond acceptors (Lipinski definition) is 5. The Balaban J connectivity index is 1.20. The monoisotopic (exact) mass is 588 g/mol. The van der Waals surface area contributed by atoms with Crippen molar-refractivity contribution in [2.24, 2.45) is 0 Å². The molecule has 1 saturated heterocycles. The Morgan fingerprint density at radius 1 is 0.878 bits per heavy atom. The van der Waals surface area contributed by atoms with Gasteiger partial charge in [0.15, 0.2) is 0 Å². The molecule has 0 saturated carbocycles. The van der Waals surface area contributed by atoms with Gasteiger partial charge in [-0.3, -0.25) is 9.69 Å². The van der Waals surface area contributed by atoms with Crippen LogP contribution in [0.25, 0.3) is 5.57 Å². The normalized spacial score (nSPS) is 16.9. The van der Waals surface area contributed by atoms with Crippen molar-refractivity contribution in [3.05, 3.63) is 65.2 Å². The van der Waals surface area contributed by atoms with Gasteiger partial charge in [0.25, 0.3) is 0 Å². The molecule has 0 aliphatic carbocycles. The third-order valence-electron chi connectivity index (χ3n) is 7.91. The first kappa shape index (κ1) is 31.6. The summed E-state index contributed by atoms with van der Waals surface area (Å²) in [6.07, 6.45) is 7.34. The van der Waals surface area contributed by atoms with E-state index in [0.717, 1.165) is 79.5 Å². The number of benzene rings is 2. The van der Waals surface area contributed by atoms with E-state index in [1.807, 2.05) is 24.3 Å². The number of fused-ring (bicyclic) bond motifs is 2. The Morgan fingerprint density at radius 3 is 2.27 bits per heavy atom. The standard InChI is InChI=1S/C33H43F3N2O2S/c1-2-3-4-5-6-7-8-15-32(39)40-24-23-38-21-19-37(20-22-38)18-11-13-27-28-12-9-10-14-30(28)41-31-17-16-26(25-29(27)31)33(34,35)36/h9-10,12-14,16-17,25H,2-8,11,15,18-24H2,1H3. The molecule has 0 N–H and O–H groups in total. The van der Waals surface area contributed by atoms with Crippen LogP contribution in [0.15, 0.2) is 58.3 Å². The maximum atomic E-state index is 13.5. The predicted molar refractivity (Wildman–Crippen MR) is 160 cm³/mol. The van der Waals surface area contributed by atoms with Crippen LogP contribution in [0, 0.1) is 0 Å². The highest BCUT2D eigenvalue weighted by molar-refractivity contribution is 7.99. The quantitative estimate of drug-likeness (QED) is 0.140. The topological polar surface area (TPSA) is 32.8 Å². The maximum Gasteiger partial charge on any atom is 0.416 e. The SMILES string of the molecule is CCCCCCCCCC(=O)OCCN1CCN(CCC=C2c3ccccc3Sc3ccc(C(F)(F)F)cc32)CC1. The van der Waals surface area contributed by atoms with Gasteiger partial charge in [0.1, 0.15) is 6.61 Å². The number of rotatable bonds is 14. The van der Waals surface area contributed by atoms with Crippen LogP contribution in [0.3, 0.4) is 0 Å². The maximum absolute atomic E-state index is 13.5. The Bertz CT molecular complexity index is 1160. The van der Waals surface area contributed by atoms with Crippen LogP contribution in [0.4, 0.5) is 13.2 Å². The van der Waals surface area contributed by atoms with E-state index in [0.29, 0.717) is 18.6 Å². The van der Waals surface area contributed by atoms with Crippen LogP contribution in [-0.2, 0) is 15.7 Å². The summed E-state index contributed by atoms with van der Waals surface area (Å²) < 4.78 is 45.9. The average Bonchev–Trinajstić information content (AvgIpc) is 2.96. The van der Waals surface area contributed by atoms with Gasteiger partial charge in [0.05, 0.1) is 5.56 Å². The molecule has 0 unspecified atom stereocenters. The summed E-state index contributed by atoms with van der Waals surface area (Å²) in [5.41, 5.74) is 1.93. The Morgan fingerprint density at radius 2 is 1.54 bits per heavy atom. The third kappa shape index (κ3) is 9.62. The molecule has 4 rings (SSSR count). The number of esters is 1. The van der Waals surface area contributed by atoms with Gasteiger partial charge < -0.3 is 9.64 Å². The van der Waals surface area contributed by atoms with Gasteiger partial charge >= 0.3 is 12.1 Å². The minimum Gasteiger partial charge on any atom is -0.464 e. The fourth-order valence-electron chi connectivity index (χ4n) is 5.48. The first-order valence-corrected chi connectivity index (χ1v) is 16.0. The van der Waals surface area contributed by atoms with E-state index in [1.165, 1.54) is 56.0 Å². The lowest BCUT2D eigenvalue weighted by Gasteiger charge is -2.34. The minimum absolute atomic E-state index is 0.0863. The molecule has 1 fully saturated rings. The number of carbonyl (C=O) groups is 1. The van der Waals surface area contributed by atoms with Crippen molar-refractivity contribution in [3.63, 3.8) is 0 Å². The van der Waals surface area contributed by atoms with Gasteiger partial charge in [-0.25, -0.2) is 0 Å². The summed E-state index contributed by atoms with van der Waals surface area (Å²) in [6.45, 7) is 7.97. The van der Waals surface area contributed by atoms with Crippen molar-refractivity contribution in [3.8, 4) is 0 Å². The number of carbonyl (C=O) groups excluding carboxylic acids is 1. The van der Waals surface area contributed by atoms with Crippen LogP contribution in [0.2, 0.25) is 0 Å². The molecule has 2 aromatic carbocycles. The second-order valence-corrected chi connectivity index (χ2v) is 12.1. The van der Waals surface area contributed by atoms with E-state index in [9.17, 15) is 18.0 Å².